The van der Waals surface area contributed by atoms with Gasteiger partial charge in [0.1, 0.15) is 22.8 Å². The molecule has 0 aliphatic carbocycles. The van der Waals surface area contributed by atoms with Crippen LogP contribution in [-0.4, -0.2) is 17.4 Å². The quantitative estimate of drug-likeness (QED) is 0.441. The number of fused-ring (bicyclic) bond motifs is 2. The average molecular weight is 394 g/mol. The van der Waals surface area contributed by atoms with Crippen molar-refractivity contribution in [3.05, 3.63) is 53.2 Å². The molecule has 3 aromatic heterocycles. The lowest BCUT2D eigenvalue weighted by atomic mass is 10.1. The van der Waals surface area contributed by atoms with Crippen LogP contribution >= 0.6 is 11.3 Å². The van der Waals surface area contributed by atoms with Gasteiger partial charge in [0.05, 0.1) is 15.8 Å². The molecule has 0 aliphatic rings. The molecule has 0 unspecified atom stereocenters. The number of aromatic nitrogens is 1. The highest BCUT2D eigenvalue weighted by molar-refractivity contribution is 7.17. The van der Waals surface area contributed by atoms with Crippen molar-refractivity contribution < 1.29 is 13.9 Å². The first kappa shape index (κ1) is 18.5. The predicted molar refractivity (Wildman–Crippen MR) is 112 cm³/mol. The number of nitrogens with zero attached hydrogens (tertiary/aromatic N) is 1. The zero-order valence-electron chi connectivity index (χ0n) is 16.1. The molecular formula is C22H22N2O3S. The van der Waals surface area contributed by atoms with Crippen LogP contribution in [0.1, 0.15) is 36.4 Å². The largest absolute Gasteiger partial charge is 0.460 e. The van der Waals surface area contributed by atoms with Crippen molar-refractivity contribution >= 4 is 38.4 Å². The molecule has 1 amide bonds. The molecule has 3 heterocycles. The third-order valence-corrected chi connectivity index (χ3v) is 5.53. The topological polar surface area (TPSA) is 64.4 Å². The van der Waals surface area contributed by atoms with Crippen LogP contribution in [0.2, 0.25) is 0 Å². The van der Waals surface area contributed by atoms with Crippen LogP contribution in [0, 0.1) is 12.8 Å². The summed E-state index contributed by atoms with van der Waals surface area (Å²) in [6.45, 7) is 6.75. The van der Waals surface area contributed by atoms with Gasteiger partial charge in [-0.1, -0.05) is 13.8 Å². The van der Waals surface area contributed by atoms with Crippen molar-refractivity contribution in [2.75, 3.05) is 6.54 Å². The second kappa shape index (κ2) is 7.64. The van der Waals surface area contributed by atoms with E-state index in [1.807, 2.05) is 42.6 Å². The fourth-order valence-corrected chi connectivity index (χ4v) is 3.96. The molecule has 0 saturated heterocycles. The van der Waals surface area contributed by atoms with Crippen molar-refractivity contribution in [3.63, 3.8) is 0 Å². The van der Waals surface area contributed by atoms with Crippen LogP contribution in [0.4, 0.5) is 0 Å². The maximum absolute atomic E-state index is 12.6. The highest BCUT2D eigenvalue weighted by Crippen LogP contribution is 2.35. The molecule has 28 heavy (non-hydrogen) atoms. The Labute approximate surface area is 167 Å². The lowest BCUT2D eigenvalue weighted by molar-refractivity contribution is 0.0952. The number of carbonyl (C=O) groups is 1. The number of thiophene rings is 1. The number of hydrogen-bond acceptors (Lipinski definition) is 5. The van der Waals surface area contributed by atoms with Gasteiger partial charge < -0.3 is 14.5 Å². The monoisotopic (exact) mass is 394 g/mol. The molecule has 4 aromatic rings. The summed E-state index contributed by atoms with van der Waals surface area (Å²) >= 11 is 1.59. The van der Waals surface area contributed by atoms with E-state index in [1.54, 1.807) is 17.5 Å². The van der Waals surface area contributed by atoms with Gasteiger partial charge in [0.2, 0.25) is 0 Å². The van der Waals surface area contributed by atoms with E-state index >= 15 is 0 Å². The maximum atomic E-state index is 12.6. The van der Waals surface area contributed by atoms with E-state index in [0.29, 0.717) is 35.1 Å². The van der Waals surface area contributed by atoms with Gasteiger partial charge >= 0.3 is 0 Å². The average Bonchev–Trinajstić information content (AvgIpc) is 3.25. The Morgan fingerprint density at radius 1 is 1.29 bits per heavy atom. The third-order valence-electron chi connectivity index (χ3n) is 4.61. The summed E-state index contributed by atoms with van der Waals surface area (Å²) in [5.74, 6) is 2.48. The van der Waals surface area contributed by atoms with Crippen molar-refractivity contribution in [2.24, 2.45) is 5.92 Å². The number of hydrogen-bond donors (Lipinski definition) is 1. The highest BCUT2D eigenvalue weighted by atomic mass is 32.1. The zero-order valence-corrected chi connectivity index (χ0v) is 16.9. The van der Waals surface area contributed by atoms with Gasteiger partial charge in [-0.2, -0.15) is 0 Å². The molecular weight excluding hydrogens is 372 g/mol. The van der Waals surface area contributed by atoms with E-state index in [-0.39, 0.29) is 5.91 Å². The number of carbonyl (C=O) groups excluding carboxylic acids is 1. The summed E-state index contributed by atoms with van der Waals surface area (Å²) in [4.78, 5) is 16.9. The fraction of sp³-hybridized carbons (Fsp3) is 0.273. The third kappa shape index (κ3) is 3.60. The van der Waals surface area contributed by atoms with Crippen LogP contribution in [-0.2, 0) is 0 Å². The van der Waals surface area contributed by atoms with E-state index in [2.05, 4.69) is 24.1 Å². The number of ether oxygens (including phenoxy) is 1. The maximum Gasteiger partial charge on any atom is 0.255 e. The normalized spacial score (nSPS) is 11.4. The molecule has 0 fully saturated rings. The molecule has 1 aromatic carbocycles. The molecule has 4 rings (SSSR count). The van der Waals surface area contributed by atoms with Crippen molar-refractivity contribution in [1.82, 2.24) is 10.3 Å². The standard InChI is InChI=1S/C22H22N2O3S/c1-13(2)6-9-24-22(25)20-14(3)26-19-12-15(4-5-16(19)20)27-18-7-10-23-17-8-11-28-21(17)18/h4-5,7-8,10-13H,6,9H2,1-3H3,(H,24,25). The van der Waals surface area contributed by atoms with E-state index in [9.17, 15) is 4.79 Å². The van der Waals surface area contributed by atoms with E-state index in [0.717, 1.165) is 27.8 Å². The molecule has 0 aliphatic heterocycles. The minimum atomic E-state index is -0.0972. The summed E-state index contributed by atoms with van der Waals surface area (Å²) in [6.07, 6.45) is 2.68. The summed E-state index contributed by atoms with van der Waals surface area (Å²) < 4.78 is 12.9. The number of amides is 1. The van der Waals surface area contributed by atoms with Crippen LogP contribution in [0.3, 0.4) is 0 Å². The minimum Gasteiger partial charge on any atom is -0.460 e. The smallest absolute Gasteiger partial charge is 0.255 e. The van der Waals surface area contributed by atoms with Crippen LogP contribution in [0.15, 0.2) is 46.3 Å². The van der Waals surface area contributed by atoms with Gasteiger partial charge in [-0.25, -0.2) is 0 Å². The van der Waals surface area contributed by atoms with Crippen LogP contribution < -0.4 is 10.1 Å². The molecule has 144 valence electrons. The number of aryl methyl sites for hydroxylation is 1. The Hall–Kier alpha value is -2.86. The van der Waals surface area contributed by atoms with E-state index < -0.39 is 0 Å². The molecule has 0 atom stereocenters. The van der Waals surface area contributed by atoms with Gasteiger partial charge in [0.25, 0.3) is 5.91 Å². The van der Waals surface area contributed by atoms with Gasteiger partial charge in [0.15, 0.2) is 0 Å². The SMILES string of the molecule is Cc1oc2cc(Oc3ccnc4ccsc34)ccc2c1C(=O)NCCC(C)C. The fourth-order valence-electron chi connectivity index (χ4n) is 3.16. The Morgan fingerprint density at radius 3 is 2.96 bits per heavy atom. The molecule has 1 N–H and O–H groups in total. The molecule has 6 heteroatoms. The Balaban J connectivity index is 1.60. The van der Waals surface area contributed by atoms with Gasteiger partial charge in [-0.3, -0.25) is 9.78 Å². The van der Waals surface area contributed by atoms with Crippen molar-refractivity contribution in [2.45, 2.75) is 27.2 Å². The van der Waals surface area contributed by atoms with Crippen molar-refractivity contribution in [3.8, 4) is 11.5 Å². The molecule has 0 spiro atoms. The zero-order chi connectivity index (χ0) is 19.7. The summed E-state index contributed by atoms with van der Waals surface area (Å²) in [6, 6.07) is 9.39. The van der Waals surface area contributed by atoms with Gasteiger partial charge in [-0.15, -0.1) is 11.3 Å². The lowest BCUT2D eigenvalue weighted by Crippen LogP contribution is -2.25. The first-order valence-electron chi connectivity index (χ1n) is 9.34. The second-order valence-corrected chi connectivity index (χ2v) is 8.09. The summed E-state index contributed by atoms with van der Waals surface area (Å²) in [5, 5.41) is 5.77. The van der Waals surface area contributed by atoms with Crippen LogP contribution in [0.5, 0.6) is 11.5 Å². The molecule has 5 nitrogen and oxygen atoms in total. The Kier molecular flexibility index (Phi) is 5.05. The predicted octanol–water partition coefficient (Wildman–Crippen LogP) is 5.92. The van der Waals surface area contributed by atoms with E-state index in [4.69, 9.17) is 9.15 Å². The van der Waals surface area contributed by atoms with Gasteiger partial charge in [0, 0.05) is 30.3 Å². The summed E-state index contributed by atoms with van der Waals surface area (Å²) in [7, 11) is 0. The first-order chi connectivity index (χ1) is 13.5. The number of rotatable bonds is 6. The second-order valence-electron chi connectivity index (χ2n) is 7.18. The number of benzene rings is 1. The number of pyridine rings is 1. The summed E-state index contributed by atoms with van der Waals surface area (Å²) in [5.41, 5.74) is 2.15. The molecule has 0 radical (unpaired) electrons. The van der Waals surface area contributed by atoms with Crippen LogP contribution in [0.25, 0.3) is 21.2 Å². The number of nitrogens with one attached hydrogen (secondary N) is 1. The van der Waals surface area contributed by atoms with E-state index in [1.165, 1.54) is 0 Å². The number of furan rings is 1. The highest BCUT2D eigenvalue weighted by Gasteiger charge is 2.19. The van der Waals surface area contributed by atoms with Crippen molar-refractivity contribution in [1.29, 1.82) is 0 Å². The molecule has 0 saturated carbocycles. The lowest BCUT2D eigenvalue weighted by Gasteiger charge is -2.07. The Bertz CT molecular complexity index is 1140. The van der Waals surface area contributed by atoms with Gasteiger partial charge in [-0.05, 0) is 42.8 Å². The minimum absolute atomic E-state index is 0.0972. The first-order valence-corrected chi connectivity index (χ1v) is 10.2. The molecule has 0 bridgehead atoms. The Morgan fingerprint density at radius 2 is 2.14 bits per heavy atom.